The number of ether oxygens (including phenoxy) is 3. The van der Waals surface area contributed by atoms with Gasteiger partial charge in [-0.3, -0.25) is 0 Å². The Morgan fingerprint density at radius 1 is 0.689 bits per heavy atom. The van der Waals surface area contributed by atoms with Crippen LogP contribution >= 0.6 is 0 Å². The highest BCUT2D eigenvalue weighted by molar-refractivity contribution is 5.34. The predicted octanol–water partition coefficient (Wildman–Crippen LogP) is 10.9. The topological polar surface area (TPSA) is 27.7 Å². The van der Waals surface area contributed by atoms with Crippen molar-refractivity contribution in [2.45, 2.75) is 108 Å². The smallest absolute Gasteiger partial charge is 0.432 e. The van der Waals surface area contributed by atoms with Crippen LogP contribution in [0.2, 0.25) is 0 Å². The van der Waals surface area contributed by atoms with E-state index in [0.717, 1.165) is 19.3 Å². The van der Waals surface area contributed by atoms with Gasteiger partial charge < -0.3 is 14.2 Å². The van der Waals surface area contributed by atoms with E-state index in [1.54, 1.807) is 0 Å². The second kappa shape index (κ2) is 13.9. The Bertz CT molecular complexity index is 1250. The van der Waals surface area contributed by atoms with Crippen molar-refractivity contribution in [1.82, 2.24) is 0 Å². The van der Waals surface area contributed by atoms with Gasteiger partial charge in [0.2, 0.25) is 5.75 Å². The summed E-state index contributed by atoms with van der Waals surface area (Å²) in [6.07, 6.45) is -10.8. The van der Waals surface area contributed by atoms with Gasteiger partial charge in [-0.1, -0.05) is 26.2 Å². The zero-order valence-electron chi connectivity index (χ0n) is 24.3. The highest BCUT2D eigenvalue weighted by Crippen LogP contribution is 2.44. The fraction of sp³-hybridized carbons (Fsp3) is 0.613. The molecule has 0 aromatic heterocycles. The molecular formula is C31H33F11O3. The molecule has 45 heavy (non-hydrogen) atoms. The summed E-state index contributed by atoms with van der Waals surface area (Å²) in [4.78, 5) is 0. The van der Waals surface area contributed by atoms with Crippen molar-refractivity contribution in [3.05, 3.63) is 58.7 Å². The van der Waals surface area contributed by atoms with Crippen LogP contribution in [0.15, 0.2) is 24.3 Å². The molecule has 252 valence electrons. The number of unbranched alkanes of at least 4 members (excludes halogenated alkanes) is 1. The summed E-state index contributed by atoms with van der Waals surface area (Å²) < 4.78 is 167. The van der Waals surface area contributed by atoms with E-state index in [4.69, 9.17) is 4.74 Å². The molecule has 0 unspecified atom stereocenters. The molecule has 2 aliphatic carbocycles. The summed E-state index contributed by atoms with van der Waals surface area (Å²) in [6, 6.07) is 1.81. The molecular weight excluding hydrogens is 629 g/mol. The van der Waals surface area contributed by atoms with Crippen LogP contribution in [0.3, 0.4) is 0 Å². The minimum atomic E-state index is -5.33. The Balaban J connectivity index is 1.36. The Hall–Kier alpha value is -2.77. The maximum atomic E-state index is 15.0. The second-order valence-corrected chi connectivity index (χ2v) is 11.8. The lowest BCUT2D eigenvalue weighted by Crippen LogP contribution is -2.37. The zero-order valence-corrected chi connectivity index (χ0v) is 24.3. The third kappa shape index (κ3) is 8.94. The first kappa shape index (κ1) is 35.1. The number of halogens is 11. The van der Waals surface area contributed by atoms with Crippen LogP contribution in [0.5, 0.6) is 11.5 Å². The van der Waals surface area contributed by atoms with Crippen molar-refractivity contribution in [3.63, 3.8) is 0 Å². The van der Waals surface area contributed by atoms with Crippen LogP contribution in [-0.2, 0) is 10.8 Å². The van der Waals surface area contributed by atoms with Crippen molar-refractivity contribution in [2.75, 3.05) is 0 Å². The highest BCUT2D eigenvalue weighted by Gasteiger charge is 2.46. The number of hydrogen-bond acceptors (Lipinski definition) is 3. The highest BCUT2D eigenvalue weighted by atomic mass is 19.4. The van der Waals surface area contributed by atoms with E-state index in [1.165, 1.54) is 0 Å². The quantitative estimate of drug-likeness (QED) is 0.224. The van der Waals surface area contributed by atoms with Gasteiger partial charge >= 0.3 is 18.6 Å². The molecule has 2 aromatic rings. The molecule has 2 aliphatic rings. The first-order valence-electron chi connectivity index (χ1n) is 14.9. The minimum absolute atomic E-state index is 0.00639. The average Bonchev–Trinajstić information content (AvgIpc) is 2.93. The first-order chi connectivity index (χ1) is 21.0. The molecule has 3 nitrogen and oxygen atoms in total. The van der Waals surface area contributed by atoms with E-state index in [2.05, 4.69) is 9.47 Å². The van der Waals surface area contributed by atoms with Gasteiger partial charge in [0.15, 0.2) is 11.6 Å². The fourth-order valence-corrected chi connectivity index (χ4v) is 6.22. The van der Waals surface area contributed by atoms with Crippen LogP contribution in [0.25, 0.3) is 0 Å². The van der Waals surface area contributed by atoms with Crippen molar-refractivity contribution in [3.8, 4) is 11.5 Å². The Labute approximate surface area is 253 Å². The molecule has 2 aromatic carbocycles. The van der Waals surface area contributed by atoms with Crippen LogP contribution in [0, 0.1) is 35.1 Å². The average molecular weight is 663 g/mol. The molecule has 2 fully saturated rings. The number of alkyl halides is 7. The molecule has 0 N–H and O–H groups in total. The van der Waals surface area contributed by atoms with Crippen molar-refractivity contribution >= 4 is 0 Å². The third-order valence-corrected chi connectivity index (χ3v) is 8.55. The second-order valence-electron chi connectivity index (χ2n) is 11.8. The maximum Gasteiger partial charge on any atom is 0.573 e. The molecule has 0 aliphatic heterocycles. The summed E-state index contributed by atoms with van der Waals surface area (Å²) in [6.45, 7) is 2.03. The van der Waals surface area contributed by atoms with E-state index in [1.807, 2.05) is 6.92 Å². The molecule has 0 saturated heterocycles. The van der Waals surface area contributed by atoms with E-state index in [-0.39, 0.29) is 56.2 Å². The molecule has 14 heteroatoms. The SMILES string of the molecule is CCCCC1CCC(C(F)(F)Oc2cc(F)c(C(F)(F)OC3CCC(c4cc(F)c(OC(F)(F)F)c(F)c4)CC3)c(F)c2)CC1. The van der Waals surface area contributed by atoms with Gasteiger partial charge in [0.05, 0.1) is 12.0 Å². The summed E-state index contributed by atoms with van der Waals surface area (Å²) >= 11 is 0. The summed E-state index contributed by atoms with van der Waals surface area (Å²) in [7, 11) is 0. The van der Waals surface area contributed by atoms with Crippen molar-refractivity contribution in [2.24, 2.45) is 11.8 Å². The Morgan fingerprint density at radius 3 is 1.76 bits per heavy atom. The van der Waals surface area contributed by atoms with Gasteiger partial charge in [0, 0.05) is 12.1 Å². The summed E-state index contributed by atoms with van der Waals surface area (Å²) in [5.74, 6) is -11.0. The van der Waals surface area contributed by atoms with Gasteiger partial charge in [-0.05, 0) is 80.9 Å². The molecule has 4 rings (SSSR count). The van der Waals surface area contributed by atoms with E-state index < -0.39 is 76.9 Å². The Morgan fingerprint density at radius 2 is 1.24 bits per heavy atom. The monoisotopic (exact) mass is 662 g/mol. The predicted molar refractivity (Wildman–Crippen MR) is 140 cm³/mol. The molecule has 0 bridgehead atoms. The molecule has 0 spiro atoms. The summed E-state index contributed by atoms with van der Waals surface area (Å²) in [5.41, 5.74) is -1.82. The first-order valence-corrected chi connectivity index (χ1v) is 14.9. The molecule has 0 heterocycles. The fourth-order valence-electron chi connectivity index (χ4n) is 6.22. The van der Waals surface area contributed by atoms with Crippen LogP contribution in [0.4, 0.5) is 48.3 Å². The third-order valence-electron chi connectivity index (χ3n) is 8.55. The van der Waals surface area contributed by atoms with Gasteiger partial charge in [0.25, 0.3) is 0 Å². The normalized spacial score (nSPS) is 23.2. The number of hydrogen-bond donors (Lipinski definition) is 0. The van der Waals surface area contributed by atoms with Gasteiger partial charge in [-0.25, -0.2) is 17.6 Å². The lowest BCUT2D eigenvalue weighted by molar-refractivity contribution is -0.280. The van der Waals surface area contributed by atoms with E-state index >= 15 is 0 Å². The van der Waals surface area contributed by atoms with Crippen molar-refractivity contribution in [1.29, 1.82) is 0 Å². The van der Waals surface area contributed by atoms with Crippen LogP contribution in [-0.4, -0.2) is 18.6 Å². The van der Waals surface area contributed by atoms with Gasteiger partial charge in [-0.15, -0.1) is 13.2 Å². The van der Waals surface area contributed by atoms with E-state index in [9.17, 15) is 48.3 Å². The number of rotatable bonds is 11. The molecule has 0 atom stereocenters. The van der Waals surface area contributed by atoms with Crippen LogP contribution < -0.4 is 9.47 Å². The lowest BCUT2D eigenvalue weighted by atomic mass is 9.79. The molecule has 0 radical (unpaired) electrons. The maximum absolute atomic E-state index is 15.0. The van der Waals surface area contributed by atoms with Gasteiger partial charge in [-0.2, -0.15) is 17.6 Å². The van der Waals surface area contributed by atoms with Crippen molar-refractivity contribution < 1.29 is 62.5 Å². The standard InChI is InChI=1S/C31H33F11O3/c1-2-3-4-17-5-9-20(10-6-17)29(36,37)44-22-15-23(32)27(24(33)16-22)30(38,39)43-21-11-7-18(8-12-21)19-13-25(34)28(26(35)14-19)45-31(40,41)42/h13-18,20-21H,2-12H2,1H3. The minimum Gasteiger partial charge on any atom is -0.432 e. The summed E-state index contributed by atoms with van der Waals surface area (Å²) in [5, 5.41) is 0. The Kier molecular flexibility index (Phi) is 10.9. The molecule has 2 saturated carbocycles. The van der Waals surface area contributed by atoms with Gasteiger partial charge in [0.1, 0.15) is 22.9 Å². The van der Waals surface area contributed by atoms with E-state index in [0.29, 0.717) is 30.9 Å². The number of benzene rings is 2. The molecule has 0 amide bonds. The largest absolute Gasteiger partial charge is 0.573 e. The van der Waals surface area contributed by atoms with Crippen LogP contribution in [0.1, 0.15) is 94.6 Å². The zero-order chi connectivity index (χ0) is 33.2. The lowest BCUT2D eigenvalue weighted by Gasteiger charge is -2.33.